The van der Waals surface area contributed by atoms with Gasteiger partial charge in [0.25, 0.3) is 0 Å². The molecule has 1 aromatic heterocycles. The highest BCUT2D eigenvalue weighted by Crippen LogP contribution is 2.25. The quantitative estimate of drug-likeness (QED) is 0.829. The van der Waals surface area contributed by atoms with Crippen LogP contribution in [0.5, 0.6) is 5.88 Å². The Hall–Kier alpha value is -0.990. The fourth-order valence-corrected chi connectivity index (χ4v) is 1.85. The molecule has 1 aromatic rings. The van der Waals surface area contributed by atoms with Gasteiger partial charge in [-0.3, -0.25) is 4.68 Å². The van der Waals surface area contributed by atoms with E-state index in [0.29, 0.717) is 11.8 Å². The van der Waals surface area contributed by atoms with Crippen LogP contribution in [0.4, 0.5) is 0 Å². The van der Waals surface area contributed by atoms with Gasteiger partial charge in [-0.25, -0.2) is 0 Å². The van der Waals surface area contributed by atoms with Gasteiger partial charge in [-0.05, 0) is 24.7 Å². The fourth-order valence-electron chi connectivity index (χ4n) is 1.85. The molecule has 1 heterocycles. The molecule has 0 radical (unpaired) electrons. The molecule has 3 heteroatoms. The van der Waals surface area contributed by atoms with E-state index in [9.17, 15) is 5.11 Å². The van der Waals surface area contributed by atoms with Crippen molar-refractivity contribution in [2.24, 2.45) is 18.9 Å². The molecule has 1 N–H and O–H groups in total. The Morgan fingerprint density at radius 1 is 1.13 bits per heavy atom. The van der Waals surface area contributed by atoms with Gasteiger partial charge >= 0.3 is 0 Å². The molecule has 0 saturated heterocycles. The lowest BCUT2D eigenvalue weighted by molar-refractivity contribution is 0.435. The van der Waals surface area contributed by atoms with E-state index in [4.69, 9.17) is 0 Å². The number of aromatic hydroxyl groups is 1. The Morgan fingerprint density at radius 2 is 1.67 bits per heavy atom. The van der Waals surface area contributed by atoms with E-state index in [1.54, 1.807) is 0 Å². The summed E-state index contributed by atoms with van der Waals surface area (Å²) >= 11 is 0. The molecular weight excluding hydrogens is 188 g/mol. The van der Waals surface area contributed by atoms with Gasteiger partial charge in [0.15, 0.2) is 0 Å². The van der Waals surface area contributed by atoms with Crippen LogP contribution in [-0.4, -0.2) is 14.9 Å². The maximum absolute atomic E-state index is 9.74. The Balaban J connectivity index is 3.00. The highest BCUT2D eigenvalue weighted by molar-refractivity contribution is 5.31. The predicted molar refractivity (Wildman–Crippen MR) is 62.0 cm³/mol. The summed E-state index contributed by atoms with van der Waals surface area (Å²) < 4.78 is 1.81. The van der Waals surface area contributed by atoms with Crippen molar-refractivity contribution in [1.29, 1.82) is 0 Å². The summed E-state index contributed by atoms with van der Waals surface area (Å²) in [7, 11) is 1.90. The number of aryl methyl sites for hydroxylation is 1. The largest absolute Gasteiger partial charge is 0.492 e. The van der Waals surface area contributed by atoms with E-state index >= 15 is 0 Å². The average Bonchev–Trinajstić information content (AvgIpc) is 2.30. The van der Waals surface area contributed by atoms with Gasteiger partial charge in [0.2, 0.25) is 5.88 Å². The maximum atomic E-state index is 9.74. The molecule has 0 aliphatic rings. The van der Waals surface area contributed by atoms with Crippen molar-refractivity contribution in [1.82, 2.24) is 9.78 Å². The first kappa shape index (κ1) is 12.1. The maximum Gasteiger partial charge on any atom is 0.233 e. The monoisotopic (exact) mass is 210 g/mol. The van der Waals surface area contributed by atoms with E-state index in [0.717, 1.165) is 18.4 Å². The van der Waals surface area contributed by atoms with Gasteiger partial charge in [-0.2, -0.15) is 0 Å². The number of hydrogen-bond acceptors (Lipinski definition) is 2. The van der Waals surface area contributed by atoms with Crippen molar-refractivity contribution in [3.05, 3.63) is 11.3 Å². The summed E-state index contributed by atoms with van der Waals surface area (Å²) in [5.74, 6) is 1.35. The minimum absolute atomic E-state index is 0.210. The summed E-state index contributed by atoms with van der Waals surface area (Å²) in [4.78, 5) is 0. The lowest BCUT2D eigenvalue weighted by Crippen LogP contribution is -2.06. The molecule has 0 amide bonds. The van der Waals surface area contributed by atoms with E-state index < -0.39 is 0 Å². The van der Waals surface area contributed by atoms with Crippen molar-refractivity contribution in [3.8, 4) is 5.88 Å². The molecule has 0 fully saturated rings. The van der Waals surface area contributed by atoms with E-state index in [1.165, 1.54) is 5.69 Å². The minimum Gasteiger partial charge on any atom is -0.492 e. The van der Waals surface area contributed by atoms with Gasteiger partial charge in [-0.15, -0.1) is 5.10 Å². The van der Waals surface area contributed by atoms with Crippen LogP contribution in [0.1, 0.15) is 39.0 Å². The van der Waals surface area contributed by atoms with Crippen molar-refractivity contribution < 1.29 is 5.11 Å². The number of rotatable bonds is 4. The van der Waals surface area contributed by atoms with Gasteiger partial charge in [0.1, 0.15) is 0 Å². The fraction of sp³-hybridized carbons (Fsp3) is 0.750. The molecule has 15 heavy (non-hydrogen) atoms. The highest BCUT2D eigenvalue weighted by Gasteiger charge is 2.17. The molecule has 0 aliphatic carbocycles. The van der Waals surface area contributed by atoms with Crippen molar-refractivity contribution in [2.45, 2.75) is 40.5 Å². The van der Waals surface area contributed by atoms with Crippen molar-refractivity contribution in [2.75, 3.05) is 0 Å². The molecule has 0 saturated carbocycles. The van der Waals surface area contributed by atoms with Crippen LogP contribution in [-0.2, 0) is 19.9 Å². The lowest BCUT2D eigenvalue weighted by atomic mass is 9.98. The van der Waals surface area contributed by atoms with Crippen molar-refractivity contribution in [3.63, 3.8) is 0 Å². The topological polar surface area (TPSA) is 38.1 Å². The second-order valence-electron chi connectivity index (χ2n) is 5.07. The third-order valence-corrected chi connectivity index (χ3v) is 2.47. The first-order valence-electron chi connectivity index (χ1n) is 5.65. The number of nitrogens with zero attached hydrogens (tertiary/aromatic N) is 2. The van der Waals surface area contributed by atoms with Crippen LogP contribution >= 0.6 is 0 Å². The van der Waals surface area contributed by atoms with E-state index in [2.05, 4.69) is 32.8 Å². The smallest absolute Gasteiger partial charge is 0.233 e. The van der Waals surface area contributed by atoms with E-state index in [-0.39, 0.29) is 5.88 Å². The van der Waals surface area contributed by atoms with Gasteiger partial charge in [-0.1, -0.05) is 27.7 Å². The molecule has 0 aromatic carbocycles. The Bertz CT molecular complexity index is 296. The molecule has 0 bridgehead atoms. The second-order valence-corrected chi connectivity index (χ2v) is 5.07. The summed E-state index contributed by atoms with van der Waals surface area (Å²) in [6.45, 7) is 8.68. The molecule has 0 unspecified atom stereocenters. The lowest BCUT2D eigenvalue weighted by Gasteiger charge is -2.10. The van der Waals surface area contributed by atoms with Crippen molar-refractivity contribution >= 4 is 0 Å². The van der Waals surface area contributed by atoms with E-state index in [1.807, 2.05) is 11.7 Å². The molecule has 3 nitrogen and oxygen atoms in total. The molecule has 86 valence electrons. The molecule has 0 aliphatic heterocycles. The third-order valence-electron chi connectivity index (χ3n) is 2.47. The Morgan fingerprint density at radius 3 is 2.13 bits per heavy atom. The third kappa shape index (κ3) is 2.98. The zero-order valence-electron chi connectivity index (χ0n) is 10.4. The van der Waals surface area contributed by atoms with Crippen LogP contribution in [0.25, 0.3) is 0 Å². The van der Waals surface area contributed by atoms with Gasteiger partial charge < -0.3 is 5.11 Å². The summed E-state index contributed by atoms with van der Waals surface area (Å²) in [6.07, 6.45) is 1.88. The minimum atomic E-state index is 0.210. The summed E-state index contributed by atoms with van der Waals surface area (Å²) in [6, 6.07) is 0. The van der Waals surface area contributed by atoms with Gasteiger partial charge in [0, 0.05) is 18.3 Å². The average molecular weight is 210 g/mol. The molecular formula is C12H22N2O. The van der Waals surface area contributed by atoms with Crippen LogP contribution in [0.2, 0.25) is 0 Å². The SMILES string of the molecule is CC(C)Cc1c(O)nn(C)c1CC(C)C. The zero-order chi connectivity index (χ0) is 11.6. The number of hydrogen-bond donors (Lipinski definition) is 1. The van der Waals surface area contributed by atoms with Gasteiger partial charge in [0.05, 0.1) is 0 Å². The molecule has 1 rings (SSSR count). The van der Waals surface area contributed by atoms with Crippen LogP contribution in [0.15, 0.2) is 0 Å². The molecule has 0 spiro atoms. The summed E-state index contributed by atoms with van der Waals surface area (Å²) in [5, 5.41) is 13.8. The Kier molecular flexibility index (Phi) is 3.77. The second kappa shape index (κ2) is 4.69. The predicted octanol–water partition coefficient (Wildman–Crippen LogP) is 2.52. The zero-order valence-corrected chi connectivity index (χ0v) is 10.4. The Labute approximate surface area is 92.1 Å². The highest BCUT2D eigenvalue weighted by atomic mass is 16.3. The summed E-state index contributed by atoms with van der Waals surface area (Å²) in [5.41, 5.74) is 2.21. The first-order valence-corrected chi connectivity index (χ1v) is 5.65. The number of aromatic nitrogens is 2. The molecule has 0 atom stereocenters. The normalized spacial score (nSPS) is 11.7. The first-order chi connectivity index (χ1) is 6.91. The van der Waals surface area contributed by atoms with Crippen LogP contribution in [0, 0.1) is 11.8 Å². The van der Waals surface area contributed by atoms with Crippen LogP contribution < -0.4 is 0 Å². The van der Waals surface area contributed by atoms with Crippen LogP contribution in [0.3, 0.4) is 0 Å². The standard InChI is InChI=1S/C12H22N2O/c1-8(2)6-10-11(7-9(3)4)14(5)13-12(10)15/h8-9H,6-7H2,1-5H3,(H,13,15).